The average molecular weight is 289 g/mol. The lowest BCUT2D eigenvalue weighted by Crippen LogP contribution is -2.00. The summed E-state index contributed by atoms with van der Waals surface area (Å²) < 4.78 is 0. The fraction of sp³-hybridized carbons (Fsp3) is 0.500. The summed E-state index contributed by atoms with van der Waals surface area (Å²) in [6.45, 7) is 6.40. The van der Waals surface area contributed by atoms with Gasteiger partial charge in [0.25, 0.3) is 0 Å². The van der Waals surface area contributed by atoms with Crippen molar-refractivity contribution < 1.29 is 0 Å². The Morgan fingerprint density at radius 2 is 1.24 bits per heavy atom. The number of nitrogens with two attached hydrogens (primary N) is 2. The summed E-state index contributed by atoms with van der Waals surface area (Å²) in [5.74, 6) is 3.05. The van der Waals surface area contributed by atoms with Gasteiger partial charge in [-0.2, -0.15) is 0 Å². The standard InChI is InChI=1S/C12H20N2S3/c1-4-15-8-7-9(16-5-2)11(14)12(10(8)13)17-6-3/h7H,4-6,13-14H2,1-3H3. The Bertz CT molecular complexity index is 350. The summed E-state index contributed by atoms with van der Waals surface area (Å²) in [4.78, 5) is 3.38. The van der Waals surface area contributed by atoms with Crippen LogP contribution in [-0.2, 0) is 0 Å². The Labute approximate surface area is 117 Å². The molecular weight excluding hydrogens is 268 g/mol. The van der Waals surface area contributed by atoms with E-state index in [1.54, 1.807) is 35.3 Å². The largest absolute Gasteiger partial charge is 0.397 e. The van der Waals surface area contributed by atoms with E-state index in [0.717, 1.165) is 43.3 Å². The van der Waals surface area contributed by atoms with Gasteiger partial charge in [0.15, 0.2) is 0 Å². The summed E-state index contributed by atoms with van der Waals surface area (Å²) >= 11 is 5.30. The molecule has 0 amide bonds. The van der Waals surface area contributed by atoms with Gasteiger partial charge in [-0.3, -0.25) is 0 Å². The van der Waals surface area contributed by atoms with Crippen LogP contribution in [0.2, 0.25) is 0 Å². The smallest absolute Gasteiger partial charge is 0.0612 e. The molecule has 0 aliphatic rings. The zero-order valence-corrected chi connectivity index (χ0v) is 13.0. The Kier molecular flexibility index (Phi) is 6.44. The van der Waals surface area contributed by atoms with Crippen molar-refractivity contribution >= 4 is 46.7 Å². The number of anilines is 2. The van der Waals surface area contributed by atoms with Crippen LogP contribution in [0.25, 0.3) is 0 Å². The predicted molar refractivity (Wildman–Crippen MR) is 84.5 cm³/mol. The first-order chi connectivity index (χ1) is 8.15. The molecule has 0 spiro atoms. The van der Waals surface area contributed by atoms with Gasteiger partial charge in [0.2, 0.25) is 0 Å². The summed E-state index contributed by atoms with van der Waals surface area (Å²) in [7, 11) is 0. The molecule has 0 saturated heterocycles. The van der Waals surface area contributed by atoms with Crippen LogP contribution in [0.3, 0.4) is 0 Å². The number of hydrogen-bond acceptors (Lipinski definition) is 5. The van der Waals surface area contributed by atoms with Gasteiger partial charge in [0.1, 0.15) is 0 Å². The Hall–Kier alpha value is -0.130. The fourth-order valence-electron chi connectivity index (χ4n) is 1.49. The summed E-state index contributed by atoms with van der Waals surface area (Å²) in [5.41, 5.74) is 14.1. The quantitative estimate of drug-likeness (QED) is 0.607. The van der Waals surface area contributed by atoms with Crippen molar-refractivity contribution in [2.75, 3.05) is 28.7 Å². The first kappa shape index (κ1) is 14.9. The van der Waals surface area contributed by atoms with Crippen molar-refractivity contribution in [2.45, 2.75) is 35.5 Å². The normalized spacial score (nSPS) is 10.8. The van der Waals surface area contributed by atoms with Crippen LogP contribution in [-0.4, -0.2) is 17.3 Å². The van der Waals surface area contributed by atoms with Gasteiger partial charge < -0.3 is 11.5 Å². The van der Waals surface area contributed by atoms with Crippen molar-refractivity contribution in [3.05, 3.63) is 6.07 Å². The highest BCUT2D eigenvalue weighted by atomic mass is 32.2. The zero-order valence-electron chi connectivity index (χ0n) is 10.6. The van der Waals surface area contributed by atoms with Crippen LogP contribution in [0.5, 0.6) is 0 Å². The van der Waals surface area contributed by atoms with Gasteiger partial charge in [0.05, 0.1) is 16.3 Å². The van der Waals surface area contributed by atoms with E-state index >= 15 is 0 Å². The molecule has 17 heavy (non-hydrogen) atoms. The molecule has 0 bridgehead atoms. The highest BCUT2D eigenvalue weighted by Crippen LogP contribution is 2.43. The van der Waals surface area contributed by atoms with Crippen LogP contribution in [0.15, 0.2) is 20.8 Å². The molecule has 0 radical (unpaired) electrons. The second kappa shape index (κ2) is 7.34. The first-order valence-electron chi connectivity index (χ1n) is 5.75. The maximum Gasteiger partial charge on any atom is 0.0612 e. The fourth-order valence-corrected chi connectivity index (χ4v) is 4.06. The molecule has 1 rings (SSSR count). The highest BCUT2D eigenvalue weighted by molar-refractivity contribution is 8.01. The van der Waals surface area contributed by atoms with E-state index in [-0.39, 0.29) is 0 Å². The Morgan fingerprint density at radius 1 is 0.824 bits per heavy atom. The lowest BCUT2D eigenvalue weighted by Gasteiger charge is -2.16. The van der Waals surface area contributed by atoms with Gasteiger partial charge in [-0.15, -0.1) is 35.3 Å². The molecule has 0 atom stereocenters. The number of benzene rings is 1. The molecule has 1 aromatic rings. The molecule has 96 valence electrons. The summed E-state index contributed by atoms with van der Waals surface area (Å²) in [5, 5.41) is 0. The van der Waals surface area contributed by atoms with E-state index in [9.17, 15) is 0 Å². The molecule has 0 heterocycles. The molecule has 2 nitrogen and oxygen atoms in total. The third-order valence-electron chi connectivity index (χ3n) is 2.17. The van der Waals surface area contributed by atoms with Crippen molar-refractivity contribution in [3.63, 3.8) is 0 Å². The lowest BCUT2D eigenvalue weighted by atomic mass is 10.3. The minimum atomic E-state index is 0.849. The molecule has 0 fully saturated rings. The van der Waals surface area contributed by atoms with Crippen LogP contribution >= 0.6 is 35.3 Å². The third kappa shape index (κ3) is 3.66. The maximum absolute atomic E-state index is 6.19. The molecule has 0 saturated carbocycles. The van der Waals surface area contributed by atoms with Crippen LogP contribution < -0.4 is 11.5 Å². The Morgan fingerprint density at radius 3 is 1.59 bits per heavy atom. The molecular formula is C12H20N2S3. The number of rotatable bonds is 6. The average Bonchev–Trinajstić information content (AvgIpc) is 2.31. The summed E-state index contributed by atoms with van der Waals surface area (Å²) in [6.07, 6.45) is 0. The monoisotopic (exact) mass is 288 g/mol. The SMILES string of the molecule is CCSc1cc(SCC)c(N)c(SCC)c1N. The van der Waals surface area contributed by atoms with Crippen molar-refractivity contribution in [2.24, 2.45) is 0 Å². The molecule has 4 N–H and O–H groups in total. The molecule has 0 unspecified atom stereocenters. The van der Waals surface area contributed by atoms with E-state index in [1.807, 2.05) is 0 Å². The lowest BCUT2D eigenvalue weighted by molar-refractivity contribution is 1.24. The zero-order chi connectivity index (χ0) is 12.8. The van der Waals surface area contributed by atoms with E-state index in [4.69, 9.17) is 11.5 Å². The van der Waals surface area contributed by atoms with Crippen molar-refractivity contribution in [3.8, 4) is 0 Å². The molecule has 0 aromatic heterocycles. The third-order valence-corrected chi connectivity index (χ3v) is 5.06. The molecule has 1 aromatic carbocycles. The second-order valence-corrected chi connectivity index (χ2v) is 7.21. The number of hydrogen-bond donors (Lipinski definition) is 2. The Balaban J connectivity index is 3.24. The van der Waals surface area contributed by atoms with Crippen LogP contribution in [0, 0.1) is 0 Å². The van der Waals surface area contributed by atoms with E-state index in [2.05, 4.69) is 26.8 Å². The van der Waals surface area contributed by atoms with Gasteiger partial charge in [0, 0.05) is 9.79 Å². The summed E-state index contributed by atoms with van der Waals surface area (Å²) in [6, 6.07) is 2.13. The van der Waals surface area contributed by atoms with Crippen LogP contribution in [0.1, 0.15) is 20.8 Å². The topological polar surface area (TPSA) is 52.0 Å². The highest BCUT2D eigenvalue weighted by Gasteiger charge is 2.14. The molecule has 0 aliphatic carbocycles. The molecule has 0 aliphatic heterocycles. The van der Waals surface area contributed by atoms with Crippen LogP contribution in [0.4, 0.5) is 11.4 Å². The van der Waals surface area contributed by atoms with Crippen molar-refractivity contribution in [1.82, 2.24) is 0 Å². The van der Waals surface area contributed by atoms with Crippen molar-refractivity contribution in [1.29, 1.82) is 0 Å². The van der Waals surface area contributed by atoms with Gasteiger partial charge in [-0.25, -0.2) is 0 Å². The minimum Gasteiger partial charge on any atom is -0.397 e. The van der Waals surface area contributed by atoms with Gasteiger partial charge in [-0.1, -0.05) is 20.8 Å². The minimum absolute atomic E-state index is 0.849. The predicted octanol–water partition coefficient (Wildman–Crippen LogP) is 4.19. The molecule has 5 heteroatoms. The van der Waals surface area contributed by atoms with Gasteiger partial charge >= 0.3 is 0 Å². The number of thioether (sulfide) groups is 3. The van der Waals surface area contributed by atoms with E-state index in [0.29, 0.717) is 0 Å². The van der Waals surface area contributed by atoms with E-state index < -0.39 is 0 Å². The maximum atomic E-state index is 6.19. The second-order valence-electron chi connectivity index (χ2n) is 3.33. The van der Waals surface area contributed by atoms with E-state index in [1.165, 1.54) is 0 Å². The first-order valence-corrected chi connectivity index (χ1v) is 8.71. The number of nitrogen functional groups attached to an aromatic ring is 2. The van der Waals surface area contributed by atoms with Gasteiger partial charge in [-0.05, 0) is 23.3 Å².